The minimum atomic E-state index is -1.03. The molecule has 0 saturated carbocycles. The lowest BCUT2D eigenvalue weighted by Gasteiger charge is -2.00. The molecule has 0 aliphatic rings. The molecule has 2 aromatic carbocycles. The second-order valence-corrected chi connectivity index (χ2v) is 3.78. The Bertz CT molecular complexity index is 565. The van der Waals surface area contributed by atoms with Crippen molar-refractivity contribution < 1.29 is 9.53 Å². The van der Waals surface area contributed by atoms with Gasteiger partial charge in [-0.15, -0.1) is 0 Å². The van der Waals surface area contributed by atoms with Crippen LogP contribution in [0.4, 0.5) is 16.2 Å². The van der Waals surface area contributed by atoms with Crippen LogP contribution in [0.25, 0.3) is 0 Å². The predicted molar refractivity (Wildman–Crippen MR) is 70.3 cm³/mol. The number of benzene rings is 2. The van der Waals surface area contributed by atoms with Crippen LogP contribution in [0.3, 0.4) is 0 Å². The van der Waals surface area contributed by atoms with Crippen molar-refractivity contribution in [2.45, 2.75) is 6.61 Å². The zero-order valence-electron chi connectivity index (χ0n) is 10.1. The summed E-state index contributed by atoms with van der Waals surface area (Å²) in [6.45, 7) is 0.0957. The van der Waals surface area contributed by atoms with E-state index >= 15 is 0 Å². The fourth-order valence-corrected chi connectivity index (χ4v) is 1.42. The molecular weight excluding hydrogens is 242 g/mol. The third kappa shape index (κ3) is 4.23. The number of azo groups is 1. The first-order valence-corrected chi connectivity index (χ1v) is 5.68. The highest BCUT2D eigenvalue weighted by Gasteiger charge is 1.97. The van der Waals surface area contributed by atoms with Crippen molar-refractivity contribution in [2.75, 3.05) is 0 Å². The van der Waals surface area contributed by atoms with Crippen molar-refractivity contribution in [2.24, 2.45) is 10.2 Å². The number of carbonyl (C=O) groups excluding carboxylic acids is 1. The molecule has 5 nitrogen and oxygen atoms in total. The van der Waals surface area contributed by atoms with Gasteiger partial charge in [-0.2, -0.15) is 10.2 Å². The molecule has 19 heavy (non-hydrogen) atoms. The molecule has 1 radical (unpaired) electrons. The Morgan fingerprint density at radius 1 is 0.947 bits per heavy atom. The Balaban J connectivity index is 1.99. The standard InChI is InChI=1S/C14H12N3O2/c15-14(18)19-10-11-6-8-13(9-7-11)17-16-12-4-2-1-3-5-12/h1-9,15H,10H2/b17-16+. The largest absolute Gasteiger partial charge is 0.443 e. The van der Waals surface area contributed by atoms with E-state index in [1.54, 1.807) is 24.3 Å². The summed E-state index contributed by atoms with van der Waals surface area (Å²) in [5, 5.41) is 8.18. The Hall–Kier alpha value is -2.69. The molecule has 2 aromatic rings. The zero-order valence-corrected chi connectivity index (χ0v) is 10.1. The summed E-state index contributed by atoms with van der Waals surface area (Å²) in [4.78, 5) is 10.4. The van der Waals surface area contributed by atoms with E-state index in [1.807, 2.05) is 30.3 Å². The maximum Gasteiger partial charge on any atom is 0.426 e. The van der Waals surface area contributed by atoms with Gasteiger partial charge in [0.1, 0.15) is 6.61 Å². The second-order valence-electron chi connectivity index (χ2n) is 3.78. The third-order valence-electron chi connectivity index (χ3n) is 2.34. The topological polar surface area (TPSA) is 74.8 Å². The van der Waals surface area contributed by atoms with Gasteiger partial charge >= 0.3 is 6.09 Å². The average molecular weight is 254 g/mol. The summed E-state index contributed by atoms with van der Waals surface area (Å²) < 4.78 is 4.57. The van der Waals surface area contributed by atoms with Crippen LogP contribution >= 0.6 is 0 Å². The summed E-state index contributed by atoms with van der Waals surface area (Å²) in [7, 11) is 0. The molecule has 95 valence electrons. The molecule has 1 amide bonds. The van der Waals surface area contributed by atoms with Gasteiger partial charge in [0.05, 0.1) is 11.4 Å². The Morgan fingerprint density at radius 3 is 2.11 bits per heavy atom. The van der Waals surface area contributed by atoms with Crippen LogP contribution in [0.2, 0.25) is 0 Å². The zero-order chi connectivity index (χ0) is 13.5. The van der Waals surface area contributed by atoms with E-state index in [4.69, 9.17) is 5.73 Å². The van der Waals surface area contributed by atoms with Gasteiger partial charge in [-0.25, -0.2) is 10.5 Å². The Kier molecular flexibility index (Phi) is 4.23. The molecule has 0 aliphatic carbocycles. The van der Waals surface area contributed by atoms with Crippen LogP contribution < -0.4 is 5.73 Å². The molecular formula is C14H12N3O2. The summed E-state index contributed by atoms with van der Waals surface area (Å²) >= 11 is 0. The molecule has 0 aliphatic heterocycles. The van der Waals surface area contributed by atoms with E-state index in [0.29, 0.717) is 5.69 Å². The summed E-state index contributed by atoms with van der Waals surface area (Å²) in [5.74, 6) is 0. The summed E-state index contributed by atoms with van der Waals surface area (Å²) in [5.41, 5.74) is 8.94. The van der Waals surface area contributed by atoms with Crippen molar-refractivity contribution in [1.82, 2.24) is 5.73 Å². The molecule has 5 heteroatoms. The average Bonchev–Trinajstić information content (AvgIpc) is 2.45. The van der Waals surface area contributed by atoms with Crippen LogP contribution in [-0.2, 0) is 11.3 Å². The molecule has 0 spiro atoms. The number of rotatable bonds is 4. The number of carbonyl (C=O) groups is 1. The predicted octanol–water partition coefficient (Wildman–Crippen LogP) is 4.02. The highest BCUT2D eigenvalue weighted by atomic mass is 16.5. The number of nitrogens with zero attached hydrogens (tertiary/aromatic N) is 2. The van der Waals surface area contributed by atoms with Crippen molar-refractivity contribution in [1.29, 1.82) is 0 Å². The van der Waals surface area contributed by atoms with Gasteiger partial charge in [0.15, 0.2) is 0 Å². The molecule has 0 bridgehead atoms. The highest BCUT2D eigenvalue weighted by Crippen LogP contribution is 2.18. The maximum atomic E-state index is 10.4. The minimum Gasteiger partial charge on any atom is -0.443 e. The smallest absolute Gasteiger partial charge is 0.426 e. The SMILES string of the molecule is [NH]C(=O)OCc1ccc(/N=N/c2ccccc2)cc1. The van der Waals surface area contributed by atoms with Gasteiger partial charge in [-0.1, -0.05) is 30.3 Å². The normalized spacial score (nSPS) is 10.5. The number of nitrogens with one attached hydrogen (secondary N) is 1. The third-order valence-corrected chi connectivity index (χ3v) is 2.34. The van der Waals surface area contributed by atoms with E-state index in [0.717, 1.165) is 11.3 Å². The van der Waals surface area contributed by atoms with E-state index in [2.05, 4.69) is 15.0 Å². The lowest BCUT2D eigenvalue weighted by molar-refractivity contribution is 0.148. The van der Waals surface area contributed by atoms with Crippen molar-refractivity contribution >= 4 is 17.5 Å². The summed E-state index contributed by atoms with van der Waals surface area (Å²) in [6, 6.07) is 16.6. The van der Waals surface area contributed by atoms with Crippen LogP contribution in [0.15, 0.2) is 64.8 Å². The number of ether oxygens (including phenoxy) is 1. The minimum absolute atomic E-state index is 0.0957. The van der Waals surface area contributed by atoms with Gasteiger partial charge in [0, 0.05) is 0 Å². The van der Waals surface area contributed by atoms with Gasteiger partial charge in [-0.3, -0.25) is 0 Å². The van der Waals surface area contributed by atoms with E-state index in [-0.39, 0.29) is 6.61 Å². The second kappa shape index (κ2) is 6.30. The molecule has 0 fully saturated rings. The lowest BCUT2D eigenvalue weighted by atomic mass is 10.2. The fourth-order valence-electron chi connectivity index (χ4n) is 1.42. The molecule has 1 N–H and O–H groups in total. The van der Waals surface area contributed by atoms with Gasteiger partial charge < -0.3 is 4.74 Å². The number of amides is 1. The molecule has 0 unspecified atom stereocenters. The summed E-state index contributed by atoms with van der Waals surface area (Å²) in [6.07, 6.45) is -1.03. The first kappa shape index (κ1) is 12.8. The molecule has 0 heterocycles. The monoisotopic (exact) mass is 254 g/mol. The fraction of sp³-hybridized carbons (Fsp3) is 0.0714. The molecule has 0 aromatic heterocycles. The molecule has 2 rings (SSSR count). The Morgan fingerprint density at radius 2 is 1.53 bits per heavy atom. The van der Waals surface area contributed by atoms with Crippen molar-refractivity contribution in [3.05, 3.63) is 60.2 Å². The number of hydrogen-bond acceptors (Lipinski definition) is 4. The van der Waals surface area contributed by atoms with Crippen molar-refractivity contribution in [3.8, 4) is 0 Å². The quantitative estimate of drug-likeness (QED) is 0.772. The van der Waals surface area contributed by atoms with Crippen molar-refractivity contribution in [3.63, 3.8) is 0 Å². The van der Waals surface area contributed by atoms with Gasteiger partial charge in [0.25, 0.3) is 0 Å². The first-order chi connectivity index (χ1) is 9.24. The van der Waals surface area contributed by atoms with Gasteiger partial charge in [-0.05, 0) is 29.8 Å². The number of hydrogen-bond donors (Lipinski definition) is 0. The van der Waals surface area contributed by atoms with E-state index in [1.165, 1.54) is 0 Å². The van der Waals surface area contributed by atoms with Crippen LogP contribution in [0, 0.1) is 0 Å². The van der Waals surface area contributed by atoms with E-state index in [9.17, 15) is 4.79 Å². The maximum absolute atomic E-state index is 10.4. The molecule has 0 saturated heterocycles. The van der Waals surface area contributed by atoms with Crippen LogP contribution in [-0.4, -0.2) is 6.09 Å². The van der Waals surface area contributed by atoms with E-state index < -0.39 is 6.09 Å². The highest BCUT2D eigenvalue weighted by molar-refractivity contribution is 5.63. The first-order valence-electron chi connectivity index (χ1n) is 5.68. The lowest BCUT2D eigenvalue weighted by Crippen LogP contribution is -2.01. The molecule has 0 atom stereocenters. The van der Waals surface area contributed by atoms with Gasteiger partial charge in [0.2, 0.25) is 0 Å². The van der Waals surface area contributed by atoms with Crippen LogP contribution in [0.1, 0.15) is 5.56 Å². The Labute approximate surface area is 110 Å². The van der Waals surface area contributed by atoms with Crippen LogP contribution in [0.5, 0.6) is 0 Å².